The third-order valence-corrected chi connectivity index (χ3v) is 4.09. The fourth-order valence-corrected chi connectivity index (χ4v) is 2.96. The summed E-state index contributed by atoms with van der Waals surface area (Å²) >= 11 is 0. The summed E-state index contributed by atoms with van der Waals surface area (Å²) in [6, 6.07) is 3.77. The second kappa shape index (κ2) is 6.12. The van der Waals surface area contributed by atoms with Crippen LogP contribution in [0.25, 0.3) is 5.52 Å². The zero-order valence-electron chi connectivity index (χ0n) is 12.7. The van der Waals surface area contributed by atoms with Crippen LogP contribution < -0.4 is 11.1 Å². The number of fused-ring (bicyclic) bond motifs is 1. The Morgan fingerprint density at radius 3 is 3.04 bits per heavy atom. The van der Waals surface area contributed by atoms with Gasteiger partial charge in [-0.3, -0.25) is 9.59 Å². The lowest BCUT2D eigenvalue weighted by molar-refractivity contribution is -0.127. The van der Waals surface area contributed by atoms with E-state index in [0.717, 1.165) is 24.9 Å². The number of nitrogens with zero attached hydrogens (tertiary/aromatic N) is 3. The summed E-state index contributed by atoms with van der Waals surface area (Å²) in [5, 5.41) is 7.55. The largest absolute Gasteiger partial charge is 0.378 e. The summed E-state index contributed by atoms with van der Waals surface area (Å²) in [6.07, 6.45) is 6.40. The minimum atomic E-state index is -0.529. The molecule has 2 amide bonds. The standard InChI is InChI=1S/C16H19N5O2/c1-2-14(22)20-7-3-5-11(10-20)19-15-12(16(17)23)9-18-21-8-4-6-13(15)21/h2,4,6,8-9,11,19H,1,3,5,7,10H2,(H2,17,23). The number of anilines is 1. The first kappa shape index (κ1) is 15.1. The molecule has 1 fully saturated rings. The Labute approximate surface area is 133 Å². The molecule has 1 aliphatic rings. The molecule has 0 saturated carbocycles. The lowest BCUT2D eigenvalue weighted by Crippen LogP contribution is -2.44. The summed E-state index contributed by atoms with van der Waals surface area (Å²) in [5.41, 5.74) is 7.27. The van der Waals surface area contributed by atoms with Gasteiger partial charge in [0.2, 0.25) is 5.91 Å². The molecule has 7 heteroatoms. The molecule has 0 bridgehead atoms. The smallest absolute Gasteiger partial charge is 0.252 e. The number of carbonyl (C=O) groups is 2. The third kappa shape index (κ3) is 2.90. The van der Waals surface area contributed by atoms with Crippen LogP contribution in [0.1, 0.15) is 23.2 Å². The molecule has 0 radical (unpaired) electrons. The van der Waals surface area contributed by atoms with Crippen LogP contribution in [0, 0.1) is 0 Å². The van der Waals surface area contributed by atoms with E-state index in [1.165, 1.54) is 12.3 Å². The highest BCUT2D eigenvalue weighted by Crippen LogP contribution is 2.24. The molecule has 0 aromatic carbocycles. The van der Waals surface area contributed by atoms with Crippen LogP contribution in [0.2, 0.25) is 0 Å². The molecule has 1 unspecified atom stereocenters. The first-order chi connectivity index (χ1) is 11.1. The van der Waals surface area contributed by atoms with Crippen molar-refractivity contribution in [1.82, 2.24) is 14.5 Å². The van der Waals surface area contributed by atoms with Gasteiger partial charge in [0.15, 0.2) is 0 Å². The Kier molecular flexibility index (Phi) is 4.01. The fraction of sp³-hybridized carbons (Fsp3) is 0.312. The van der Waals surface area contributed by atoms with Crippen molar-refractivity contribution in [2.45, 2.75) is 18.9 Å². The number of aromatic nitrogens is 2. The van der Waals surface area contributed by atoms with Gasteiger partial charge in [-0.05, 0) is 31.1 Å². The molecule has 0 aliphatic carbocycles. The summed E-state index contributed by atoms with van der Waals surface area (Å²) < 4.78 is 1.68. The van der Waals surface area contributed by atoms with Crippen molar-refractivity contribution in [1.29, 1.82) is 0 Å². The van der Waals surface area contributed by atoms with Gasteiger partial charge in [-0.1, -0.05) is 6.58 Å². The number of amides is 2. The molecule has 7 nitrogen and oxygen atoms in total. The molecule has 3 N–H and O–H groups in total. The Morgan fingerprint density at radius 2 is 2.30 bits per heavy atom. The van der Waals surface area contributed by atoms with E-state index in [9.17, 15) is 9.59 Å². The normalized spacial score (nSPS) is 17.9. The average molecular weight is 313 g/mol. The number of hydrogen-bond acceptors (Lipinski definition) is 4. The first-order valence-electron chi connectivity index (χ1n) is 7.54. The summed E-state index contributed by atoms with van der Waals surface area (Å²) in [7, 11) is 0. The number of piperidine rings is 1. The highest BCUT2D eigenvalue weighted by Gasteiger charge is 2.24. The lowest BCUT2D eigenvalue weighted by Gasteiger charge is -2.33. The molecule has 1 aliphatic heterocycles. The maximum atomic E-state index is 11.8. The molecule has 1 atom stereocenters. The number of rotatable bonds is 4. The van der Waals surface area contributed by atoms with Gasteiger partial charge in [0.25, 0.3) is 5.91 Å². The maximum absolute atomic E-state index is 11.8. The van der Waals surface area contributed by atoms with Crippen LogP contribution in [-0.2, 0) is 4.79 Å². The molecule has 3 heterocycles. The van der Waals surface area contributed by atoms with Gasteiger partial charge in [-0.25, -0.2) is 4.52 Å². The van der Waals surface area contributed by atoms with Crippen LogP contribution in [0.15, 0.2) is 37.2 Å². The van der Waals surface area contributed by atoms with Crippen molar-refractivity contribution < 1.29 is 9.59 Å². The van der Waals surface area contributed by atoms with Gasteiger partial charge >= 0.3 is 0 Å². The maximum Gasteiger partial charge on any atom is 0.252 e. The Bertz CT molecular complexity index is 767. The van der Waals surface area contributed by atoms with E-state index in [1.807, 2.05) is 12.1 Å². The third-order valence-electron chi connectivity index (χ3n) is 4.09. The zero-order valence-corrected chi connectivity index (χ0v) is 12.7. The molecular formula is C16H19N5O2. The average Bonchev–Trinajstić information content (AvgIpc) is 3.03. The predicted octanol–water partition coefficient (Wildman–Crippen LogP) is 1.02. The number of primary amides is 1. The predicted molar refractivity (Wildman–Crippen MR) is 87.1 cm³/mol. The summed E-state index contributed by atoms with van der Waals surface area (Å²) in [4.78, 5) is 25.3. The lowest BCUT2D eigenvalue weighted by atomic mass is 10.0. The monoisotopic (exact) mass is 313 g/mol. The van der Waals surface area contributed by atoms with E-state index < -0.39 is 5.91 Å². The van der Waals surface area contributed by atoms with Crippen molar-refractivity contribution in [3.8, 4) is 0 Å². The molecule has 0 spiro atoms. The van der Waals surface area contributed by atoms with Crippen LogP contribution in [0.5, 0.6) is 0 Å². The SMILES string of the molecule is C=CC(=O)N1CCCC(Nc2c(C(N)=O)cnn3cccc23)C1. The molecule has 3 rings (SSSR count). The number of nitrogens with two attached hydrogens (primary N) is 1. The van der Waals surface area contributed by atoms with E-state index in [0.29, 0.717) is 17.8 Å². The first-order valence-corrected chi connectivity index (χ1v) is 7.54. The van der Waals surface area contributed by atoms with Crippen molar-refractivity contribution in [3.05, 3.63) is 42.7 Å². The Hall–Kier alpha value is -2.83. The summed E-state index contributed by atoms with van der Waals surface area (Å²) in [5.74, 6) is -0.604. The summed E-state index contributed by atoms with van der Waals surface area (Å²) in [6.45, 7) is 4.82. The molecule has 1 saturated heterocycles. The highest BCUT2D eigenvalue weighted by atomic mass is 16.2. The van der Waals surface area contributed by atoms with E-state index >= 15 is 0 Å². The minimum Gasteiger partial charge on any atom is -0.378 e. The van der Waals surface area contributed by atoms with Gasteiger partial charge in [0.1, 0.15) is 0 Å². The molecule has 23 heavy (non-hydrogen) atoms. The molecule has 2 aromatic rings. The Balaban J connectivity index is 1.89. The van der Waals surface area contributed by atoms with Gasteiger partial charge in [0.05, 0.1) is 23.0 Å². The zero-order chi connectivity index (χ0) is 16.4. The van der Waals surface area contributed by atoms with E-state index in [1.54, 1.807) is 15.6 Å². The minimum absolute atomic E-state index is 0.0480. The topological polar surface area (TPSA) is 92.7 Å². The number of likely N-dealkylation sites (tertiary alicyclic amines) is 1. The second-order valence-electron chi connectivity index (χ2n) is 5.61. The molecule has 120 valence electrons. The molecular weight excluding hydrogens is 294 g/mol. The number of hydrogen-bond donors (Lipinski definition) is 2. The van der Waals surface area contributed by atoms with Crippen LogP contribution in [0.3, 0.4) is 0 Å². The number of carbonyl (C=O) groups excluding carboxylic acids is 2. The van der Waals surface area contributed by atoms with Gasteiger partial charge < -0.3 is 16.0 Å². The van der Waals surface area contributed by atoms with E-state index in [2.05, 4.69) is 17.0 Å². The van der Waals surface area contributed by atoms with Crippen molar-refractivity contribution in [3.63, 3.8) is 0 Å². The van der Waals surface area contributed by atoms with Crippen molar-refractivity contribution >= 4 is 23.0 Å². The number of nitrogens with one attached hydrogen (secondary N) is 1. The quantitative estimate of drug-likeness (QED) is 0.824. The highest BCUT2D eigenvalue weighted by molar-refractivity contribution is 6.01. The van der Waals surface area contributed by atoms with Crippen LogP contribution in [-0.4, -0.2) is 45.5 Å². The Morgan fingerprint density at radius 1 is 1.48 bits per heavy atom. The van der Waals surface area contributed by atoms with Crippen molar-refractivity contribution in [2.75, 3.05) is 18.4 Å². The second-order valence-corrected chi connectivity index (χ2v) is 5.61. The van der Waals surface area contributed by atoms with Gasteiger partial charge in [0, 0.05) is 25.3 Å². The van der Waals surface area contributed by atoms with Crippen LogP contribution in [0.4, 0.5) is 5.69 Å². The van der Waals surface area contributed by atoms with Crippen molar-refractivity contribution in [2.24, 2.45) is 5.73 Å². The fourth-order valence-electron chi connectivity index (χ4n) is 2.96. The van der Waals surface area contributed by atoms with E-state index in [-0.39, 0.29) is 11.9 Å². The van der Waals surface area contributed by atoms with Gasteiger partial charge in [-0.2, -0.15) is 5.10 Å². The van der Waals surface area contributed by atoms with Gasteiger partial charge in [-0.15, -0.1) is 0 Å². The van der Waals surface area contributed by atoms with E-state index in [4.69, 9.17) is 5.73 Å². The molecule has 2 aromatic heterocycles. The van der Waals surface area contributed by atoms with Crippen LogP contribution >= 0.6 is 0 Å².